The number of rotatable bonds is 8. The number of nitrogens with one attached hydrogen (secondary N) is 1. The molecule has 1 amide bonds. The van der Waals surface area contributed by atoms with Crippen molar-refractivity contribution in [2.45, 2.75) is 51.6 Å². The lowest BCUT2D eigenvalue weighted by Gasteiger charge is -2.27. The van der Waals surface area contributed by atoms with Crippen LogP contribution in [-0.2, 0) is 11.2 Å². The minimum Gasteiger partial charge on any atom is -0.508 e. The van der Waals surface area contributed by atoms with Crippen LogP contribution in [0, 0.1) is 0 Å². The van der Waals surface area contributed by atoms with Gasteiger partial charge in [0.25, 0.3) is 0 Å². The zero-order valence-corrected chi connectivity index (χ0v) is 12.4. The van der Waals surface area contributed by atoms with E-state index >= 15 is 0 Å². The minimum atomic E-state index is -0.798. The Bertz CT molecular complexity index is 408. The SMILES string of the molecule is CCCC(O)(CCC)CNC(=O)Cc1ccc(O)cc1. The van der Waals surface area contributed by atoms with Crippen molar-refractivity contribution in [3.05, 3.63) is 29.8 Å². The molecule has 0 aliphatic carbocycles. The molecule has 1 aromatic rings. The van der Waals surface area contributed by atoms with Crippen LogP contribution in [0.15, 0.2) is 24.3 Å². The Morgan fingerprint density at radius 1 is 1.15 bits per heavy atom. The van der Waals surface area contributed by atoms with E-state index in [9.17, 15) is 15.0 Å². The van der Waals surface area contributed by atoms with Crippen LogP contribution in [0.4, 0.5) is 0 Å². The topological polar surface area (TPSA) is 69.6 Å². The third kappa shape index (κ3) is 5.61. The molecule has 0 saturated heterocycles. The second kappa shape index (κ2) is 7.90. The van der Waals surface area contributed by atoms with Crippen molar-refractivity contribution in [2.75, 3.05) is 6.54 Å². The van der Waals surface area contributed by atoms with Gasteiger partial charge in [0.1, 0.15) is 5.75 Å². The molecule has 1 rings (SSSR count). The summed E-state index contributed by atoms with van der Waals surface area (Å²) in [6.45, 7) is 4.35. The highest BCUT2D eigenvalue weighted by Gasteiger charge is 2.25. The van der Waals surface area contributed by atoms with E-state index in [1.54, 1.807) is 24.3 Å². The summed E-state index contributed by atoms with van der Waals surface area (Å²) in [5, 5.41) is 22.4. The molecule has 20 heavy (non-hydrogen) atoms. The number of carbonyl (C=O) groups excluding carboxylic acids is 1. The third-order valence-electron chi connectivity index (χ3n) is 3.35. The van der Waals surface area contributed by atoms with Gasteiger partial charge in [-0.3, -0.25) is 4.79 Å². The van der Waals surface area contributed by atoms with Crippen molar-refractivity contribution in [2.24, 2.45) is 0 Å². The average Bonchev–Trinajstić information content (AvgIpc) is 2.40. The summed E-state index contributed by atoms with van der Waals surface area (Å²) in [7, 11) is 0. The van der Waals surface area contributed by atoms with Crippen molar-refractivity contribution >= 4 is 5.91 Å². The van der Waals surface area contributed by atoms with Crippen LogP contribution in [0.25, 0.3) is 0 Å². The summed E-state index contributed by atoms with van der Waals surface area (Å²) in [5.41, 5.74) is 0.0449. The summed E-state index contributed by atoms with van der Waals surface area (Å²) in [6.07, 6.45) is 3.43. The highest BCUT2D eigenvalue weighted by Crippen LogP contribution is 2.18. The van der Waals surface area contributed by atoms with Gasteiger partial charge in [0, 0.05) is 6.54 Å². The third-order valence-corrected chi connectivity index (χ3v) is 3.35. The molecule has 0 heterocycles. The van der Waals surface area contributed by atoms with Crippen molar-refractivity contribution < 1.29 is 15.0 Å². The Balaban J connectivity index is 2.47. The molecule has 4 heteroatoms. The summed E-state index contributed by atoms with van der Waals surface area (Å²) in [6, 6.07) is 6.57. The summed E-state index contributed by atoms with van der Waals surface area (Å²) >= 11 is 0. The van der Waals surface area contributed by atoms with Crippen molar-refractivity contribution in [1.29, 1.82) is 0 Å². The van der Waals surface area contributed by atoms with E-state index in [4.69, 9.17) is 0 Å². The van der Waals surface area contributed by atoms with Gasteiger partial charge in [0.2, 0.25) is 5.91 Å². The maximum Gasteiger partial charge on any atom is 0.224 e. The molecule has 112 valence electrons. The summed E-state index contributed by atoms with van der Waals surface area (Å²) < 4.78 is 0. The molecule has 0 radical (unpaired) electrons. The van der Waals surface area contributed by atoms with Gasteiger partial charge in [-0.15, -0.1) is 0 Å². The molecule has 1 aromatic carbocycles. The van der Waals surface area contributed by atoms with Crippen molar-refractivity contribution in [3.8, 4) is 5.75 Å². The van der Waals surface area contributed by atoms with Crippen LogP contribution in [0.1, 0.15) is 45.1 Å². The fourth-order valence-electron chi connectivity index (χ4n) is 2.36. The minimum absolute atomic E-state index is 0.110. The first-order valence-electron chi connectivity index (χ1n) is 7.26. The van der Waals surface area contributed by atoms with Gasteiger partial charge in [-0.25, -0.2) is 0 Å². The standard InChI is InChI=1S/C16H25NO3/c1-3-9-16(20,10-4-2)12-17-15(19)11-13-5-7-14(18)8-6-13/h5-8,18,20H,3-4,9-12H2,1-2H3,(H,17,19). The van der Waals surface area contributed by atoms with Crippen LogP contribution in [0.3, 0.4) is 0 Å². The molecular weight excluding hydrogens is 254 g/mol. The Kier molecular flexibility index (Phi) is 6.52. The number of carbonyl (C=O) groups is 1. The Labute approximate surface area is 120 Å². The predicted octanol–water partition coefficient (Wildman–Crippen LogP) is 2.38. The maximum absolute atomic E-state index is 11.9. The van der Waals surface area contributed by atoms with E-state index in [2.05, 4.69) is 5.32 Å². The van der Waals surface area contributed by atoms with Gasteiger partial charge >= 0.3 is 0 Å². The molecule has 0 aliphatic rings. The first kappa shape index (κ1) is 16.5. The van der Waals surface area contributed by atoms with Crippen LogP contribution >= 0.6 is 0 Å². The van der Waals surface area contributed by atoms with E-state index in [1.807, 2.05) is 13.8 Å². The first-order valence-corrected chi connectivity index (χ1v) is 7.26. The lowest BCUT2D eigenvalue weighted by atomic mass is 9.92. The van der Waals surface area contributed by atoms with Gasteiger partial charge in [-0.05, 0) is 30.5 Å². The van der Waals surface area contributed by atoms with Crippen LogP contribution in [0.2, 0.25) is 0 Å². The number of aliphatic hydroxyl groups is 1. The summed E-state index contributed by atoms with van der Waals surface area (Å²) in [5.74, 6) is 0.0794. The highest BCUT2D eigenvalue weighted by atomic mass is 16.3. The average molecular weight is 279 g/mol. The zero-order valence-electron chi connectivity index (χ0n) is 12.4. The second-order valence-electron chi connectivity index (χ2n) is 5.34. The van der Waals surface area contributed by atoms with E-state index in [-0.39, 0.29) is 18.1 Å². The van der Waals surface area contributed by atoms with Crippen molar-refractivity contribution in [1.82, 2.24) is 5.32 Å². The molecular formula is C16H25NO3. The van der Waals surface area contributed by atoms with Gasteiger partial charge < -0.3 is 15.5 Å². The second-order valence-corrected chi connectivity index (χ2v) is 5.34. The zero-order chi connectivity index (χ0) is 15.0. The number of aromatic hydroxyl groups is 1. The fourth-order valence-corrected chi connectivity index (χ4v) is 2.36. The molecule has 0 aliphatic heterocycles. The largest absolute Gasteiger partial charge is 0.508 e. The molecule has 0 saturated carbocycles. The van der Waals surface area contributed by atoms with Gasteiger partial charge in [0.15, 0.2) is 0 Å². The lowest BCUT2D eigenvalue weighted by Crippen LogP contribution is -2.43. The number of hydrogen-bond donors (Lipinski definition) is 3. The van der Waals surface area contributed by atoms with Gasteiger partial charge in [-0.1, -0.05) is 38.8 Å². The highest BCUT2D eigenvalue weighted by molar-refractivity contribution is 5.78. The molecule has 0 fully saturated rings. The maximum atomic E-state index is 11.9. The van der Waals surface area contributed by atoms with E-state index in [0.717, 1.165) is 18.4 Å². The molecule has 0 unspecified atom stereocenters. The monoisotopic (exact) mass is 279 g/mol. The first-order chi connectivity index (χ1) is 9.49. The van der Waals surface area contributed by atoms with Crippen LogP contribution in [0.5, 0.6) is 5.75 Å². The molecule has 3 N–H and O–H groups in total. The quantitative estimate of drug-likeness (QED) is 0.684. The normalized spacial score (nSPS) is 11.3. The molecule has 0 bridgehead atoms. The Hall–Kier alpha value is -1.55. The van der Waals surface area contributed by atoms with Gasteiger partial charge in [0.05, 0.1) is 12.0 Å². The van der Waals surface area contributed by atoms with E-state index < -0.39 is 5.60 Å². The molecule has 4 nitrogen and oxygen atoms in total. The van der Waals surface area contributed by atoms with E-state index in [0.29, 0.717) is 19.4 Å². The number of hydrogen-bond acceptors (Lipinski definition) is 3. The number of phenolic OH excluding ortho intramolecular Hbond substituents is 1. The smallest absolute Gasteiger partial charge is 0.224 e. The number of benzene rings is 1. The number of amides is 1. The molecule has 0 atom stereocenters. The molecule has 0 spiro atoms. The van der Waals surface area contributed by atoms with Crippen LogP contribution in [-0.4, -0.2) is 28.3 Å². The predicted molar refractivity (Wildman–Crippen MR) is 79.6 cm³/mol. The number of phenols is 1. The summed E-state index contributed by atoms with van der Waals surface area (Å²) in [4.78, 5) is 11.9. The Morgan fingerprint density at radius 2 is 1.70 bits per heavy atom. The van der Waals surface area contributed by atoms with Gasteiger partial charge in [-0.2, -0.15) is 0 Å². The fraction of sp³-hybridized carbons (Fsp3) is 0.562. The molecule has 0 aromatic heterocycles. The van der Waals surface area contributed by atoms with Crippen molar-refractivity contribution in [3.63, 3.8) is 0 Å². The van der Waals surface area contributed by atoms with Crippen LogP contribution < -0.4 is 5.32 Å². The van der Waals surface area contributed by atoms with E-state index in [1.165, 1.54) is 0 Å². The lowest BCUT2D eigenvalue weighted by molar-refractivity contribution is -0.121. The Morgan fingerprint density at radius 3 is 2.20 bits per heavy atom.